The lowest BCUT2D eigenvalue weighted by molar-refractivity contribution is -0.103. The average molecular weight is 355 g/mol. The fraction of sp³-hybridized carbons (Fsp3) is 0.125. The van der Waals surface area contributed by atoms with Crippen molar-refractivity contribution in [2.75, 3.05) is 7.11 Å². The van der Waals surface area contributed by atoms with Crippen LogP contribution < -0.4 is 4.74 Å². The van der Waals surface area contributed by atoms with Crippen LogP contribution in [0, 0.1) is 0 Å². The number of nitrogens with zero attached hydrogens (tertiary/aromatic N) is 1. The first-order valence-electron chi connectivity index (χ1n) is 9.07. The number of hydrogen-bond acceptors (Lipinski definition) is 2. The molecule has 4 rings (SSSR count). The maximum atomic E-state index is 11.8. The summed E-state index contributed by atoms with van der Waals surface area (Å²) in [5.41, 5.74) is 4.97. The Morgan fingerprint density at radius 2 is 1.70 bits per heavy atom. The number of carbonyl (C=O) groups excluding carboxylic acids is 1. The first-order chi connectivity index (χ1) is 13.2. The van der Waals surface area contributed by atoms with Gasteiger partial charge in [0.2, 0.25) is 0 Å². The summed E-state index contributed by atoms with van der Waals surface area (Å²) < 4.78 is 7.50. The molecule has 1 heterocycles. The van der Waals surface area contributed by atoms with Gasteiger partial charge in [0, 0.05) is 33.9 Å². The molecule has 3 heteroatoms. The van der Waals surface area contributed by atoms with E-state index in [0.717, 1.165) is 29.7 Å². The number of allylic oxidation sites excluding steroid dienone is 1. The number of aromatic nitrogens is 1. The number of rotatable bonds is 5. The second kappa shape index (κ2) is 7.12. The van der Waals surface area contributed by atoms with E-state index in [9.17, 15) is 4.79 Å². The van der Waals surface area contributed by atoms with Gasteiger partial charge in [-0.25, -0.2) is 0 Å². The molecule has 0 aliphatic rings. The van der Waals surface area contributed by atoms with Gasteiger partial charge in [-0.2, -0.15) is 0 Å². The number of aldehydes is 1. The summed E-state index contributed by atoms with van der Waals surface area (Å²) in [4.78, 5) is 11.8. The topological polar surface area (TPSA) is 31.2 Å². The number of benzene rings is 3. The summed E-state index contributed by atoms with van der Waals surface area (Å²) >= 11 is 0. The molecule has 0 atom stereocenters. The molecule has 27 heavy (non-hydrogen) atoms. The highest BCUT2D eigenvalue weighted by Gasteiger charge is 2.11. The third kappa shape index (κ3) is 3.02. The SMILES string of the molecule is CCn1c2ccccc2c2cc(C(C=O)=Cc3ccc(OC)cc3)ccc21. The van der Waals surface area contributed by atoms with Crippen molar-refractivity contribution in [1.29, 1.82) is 0 Å². The van der Waals surface area contributed by atoms with E-state index < -0.39 is 0 Å². The standard InChI is InChI=1S/C24H21NO2/c1-3-25-23-7-5-4-6-21(23)22-15-18(10-13-24(22)25)19(16-26)14-17-8-11-20(27-2)12-9-17/h4-16H,3H2,1-2H3. The maximum Gasteiger partial charge on any atom is 0.150 e. The summed E-state index contributed by atoms with van der Waals surface area (Å²) in [5.74, 6) is 0.800. The summed E-state index contributed by atoms with van der Waals surface area (Å²) in [6.45, 7) is 3.06. The monoisotopic (exact) mass is 355 g/mol. The second-order valence-electron chi connectivity index (χ2n) is 6.48. The zero-order chi connectivity index (χ0) is 18.8. The van der Waals surface area contributed by atoms with E-state index >= 15 is 0 Å². The van der Waals surface area contributed by atoms with Crippen LogP contribution in [0.3, 0.4) is 0 Å². The van der Waals surface area contributed by atoms with Crippen molar-refractivity contribution < 1.29 is 9.53 Å². The number of methoxy groups -OCH3 is 1. The fourth-order valence-electron chi connectivity index (χ4n) is 3.64. The number of aryl methyl sites for hydroxylation is 1. The molecule has 3 aromatic carbocycles. The number of para-hydroxylation sites is 1. The van der Waals surface area contributed by atoms with Gasteiger partial charge < -0.3 is 9.30 Å². The minimum absolute atomic E-state index is 0.662. The van der Waals surface area contributed by atoms with Gasteiger partial charge in [0.05, 0.1) is 7.11 Å². The summed E-state index contributed by atoms with van der Waals surface area (Å²) in [6, 6.07) is 22.3. The van der Waals surface area contributed by atoms with Gasteiger partial charge in [-0.05, 0) is 54.5 Å². The van der Waals surface area contributed by atoms with Crippen molar-refractivity contribution in [2.24, 2.45) is 0 Å². The molecule has 0 aliphatic carbocycles. The Morgan fingerprint density at radius 1 is 0.963 bits per heavy atom. The molecule has 0 N–H and O–H groups in total. The highest BCUT2D eigenvalue weighted by atomic mass is 16.5. The second-order valence-corrected chi connectivity index (χ2v) is 6.48. The van der Waals surface area contributed by atoms with Crippen molar-refractivity contribution in [1.82, 2.24) is 4.57 Å². The Labute approximate surface area is 158 Å². The molecule has 0 saturated carbocycles. The predicted molar refractivity (Wildman–Crippen MR) is 112 cm³/mol. The van der Waals surface area contributed by atoms with Crippen molar-refractivity contribution in [3.63, 3.8) is 0 Å². The summed E-state index contributed by atoms with van der Waals surface area (Å²) in [5, 5.41) is 2.39. The molecular formula is C24H21NO2. The van der Waals surface area contributed by atoms with Crippen molar-refractivity contribution in [3.05, 3.63) is 77.9 Å². The fourth-order valence-corrected chi connectivity index (χ4v) is 3.64. The Bertz CT molecular complexity index is 1150. The molecular weight excluding hydrogens is 334 g/mol. The Morgan fingerprint density at radius 3 is 2.41 bits per heavy atom. The minimum Gasteiger partial charge on any atom is -0.497 e. The average Bonchev–Trinajstić information content (AvgIpc) is 3.05. The molecule has 0 amide bonds. The summed E-state index contributed by atoms with van der Waals surface area (Å²) in [7, 11) is 1.64. The van der Waals surface area contributed by atoms with Crippen LogP contribution in [-0.4, -0.2) is 18.0 Å². The third-order valence-corrected chi connectivity index (χ3v) is 4.99. The molecule has 3 nitrogen and oxygen atoms in total. The first-order valence-corrected chi connectivity index (χ1v) is 9.07. The quantitative estimate of drug-likeness (QED) is 0.266. The van der Waals surface area contributed by atoms with Crippen LogP contribution in [0.5, 0.6) is 5.75 Å². The van der Waals surface area contributed by atoms with Crippen LogP contribution in [0.25, 0.3) is 33.5 Å². The Hall–Kier alpha value is -3.33. The zero-order valence-corrected chi connectivity index (χ0v) is 15.5. The van der Waals surface area contributed by atoms with E-state index in [1.165, 1.54) is 21.8 Å². The number of hydrogen-bond donors (Lipinski definition) is 0. The molecule has 0 radical (unpaired) electrons. The molecule has 0 aliphatic heterocycles. The van der Waals surface area contributed by atoms with Crippen molar-refractivity contribution in [3.8, 4) is 5.75 Å². The van der Waals surface area contributed by atoms with Crippen LogP contribution in [-0.2, 0) is 11.3 Å². The van der Waals surface area contributed by atoms with Gasteiger partial charge >= 0.3 is 0 Å². The smallest absolute Gasteiger partial charge is 0.150 e. The highest BCUT2D eigenvalue weighted by Crippen LogP contribution is 2.31. The molecule has 0 unspecified atom stereocenters. The number of fused-ring (bicyclic) bond motifs is 3. The van der Waals surface area contributed by atoms with E-state index in [1.807, 2.05) is 36.4 Å². The zero-order valence-electron chi connectivity index (χ0n) is 15.5. The molecule has 1 aromatic heterocycles. The molecule has 0 fully saturated rings. The largest absolute Gasteiger partial charge is 0.497 e. The lowest BCUT2D eigenvalue weighted by Gasteiger charge is -2.05. The van der Waals surface area contributed by atoms with Gasteiger partial charge in [0.1, 0.15) is 5.75 Å². The van der Waals surface area contributed by atoms with Crippen LogP contribution in [0.15, 0.2) is 66.7 Å². The molecule has 4 aromatic rings. The number of ether oxygens (including phenoxy) is 1. The van der Waals surface area contributed by atoms with Crippen LogP contribution in [0.1, 0.15) is 18.1 Å². The lowest BCUT2D eigenvalue weighted by atomic mass is 10.0. The predicted octanol–water partition coefficient (Wildman–Crippen LogP) is 5.56. The maximum absolute atomic E-state index is 11.8. The van der Waals surface area contributed by atoms with E-state index in [2.05, 4.69) is 47.9 Å². The van der Waals surface area contributed by atoms with Crippen LogP contribution in [0.4, 0.5) is 0 Å². The first kappa shape index (κ1) is 17.1. The van der Waals surface area contributed by atoms with E-state index in [0.29, 0.717) is 5.57 Å². The van der Waals surface area contributed by atoms with Gasteiger partial charge in [0.25, 0.3) is 0 Å². The van der Waals surface area contributed by atoms with E-state index in [1.54, 1.807) is 7.11 Å². The minimum atomic E-state index is 0.662. The van der Waals surface area contributed by atoms with Gasteiger partial charge in [-0.1, -0.05) is 36.4 Å². The Balaban J connectivity index is 1.85. The van der Waals surface area contributed by atoms with Crippen molar-refractivity contribution >= 4 is 39.7 Å². The molecule has 0 saturated heterocycles. The Kier molecular flexibility index (Phi) is 4.51. The van der Waals surface area contributed by atoms with Gasteiger partial charge in [0.15, 0.2) is 6.29 Å². The molecule has 0 bridgehead atoms. The van der Waals surface area contributed by atoms with Crippen LogP contribution in [0.2, 0.25) is 0 Å². The number of carbonyl (C=O) groups is 1. The highest BCUT2D eigenvalue weighted by molar-refractivity contribution is 6.16. The molecule has 134 valence electrons. The normalized spacial score (nSPS) is 11.9. The van der Waals surface area contributed by atoms with Gasteiger partial charge in [-0.3, -0.25) is 4.79 Å². The van der Waals surface area contributed by atoms with Crippen LogP contribution >= 0.6 is 0 Å². The van der Waals surface area contributed by atoms with Crippen molar-refractivity contribution in [2.45, 2.75) is 13.5 Å². The van der Waals surface area contributed by atoms with Gasteiger partial charge in [-0.15, -0.1) is 0 Å². The van der Waals surface area contributed by atoms with E-state index in [4.69, 9.17) is 4.74 Å². The summed E-state index contributed by atoms with van der Waals surface area (Å²) in [6.07, 6.45) is 2.83. The molecule has 0 spiro atoms. The van der Waals surface area contributed by atoms with E-state index in [-0.39, 0.29) is 0 Å². The third-order valence-electron chi connectivity index (χ3n) is 4.99. The lowest BCUT2D eigenvalue weighted by Crippen LogP contribution is -1.93.